The molecule has 3 heterocycles. The standard InChI is InChI=1S/C24H20FN3O3S/c1-14-20-23(27-19-9-4-10-28(19)24(20)30)32-21(14)22(29)26-17-7-3-8-18(12-17)31-13-15-5-2-6-16(25)11-15/h2-3,5-8,11-12H,4,9-10,13H2,1H3,(H,26,29). The molecule has 2 aromatic carbocycles. The molecule has 1 aliphatic heterocycles. The number of anilines is 1. The third-order valence-electron chi connectivity index (χ3n) is 5.50. The van der Waals surface area contributed by atoms with Crippen LogP contribution in [0.2, 0.25) is 0 Å². The van der Waals surface area contributed by atoms with Crippen LogP contribution in [0.4, 0.5) is 10.1 Å². The van der Waals surface area contributed by atoms with Gasteiger partial charge in [0, 0.05) is 24.7 Å². The van der Waals surface area contributed by atoms with Gasteiger partial charge in [0.25, 0.3) is 11.5 Å². The molecule has 162 valence electrons. The molecular formula is C24H20FN3O3S. The highest BCUT2D eigenvalue weighted by atomic mass is 32.1. The molecule has 0 spiro atoms. The number of aromatic nitrogens is 2. The van der Waals surface area contributed by atoms with Gasteiger partial charge in [-0.1, -0.05) is 18.2 Å². The summed E-state index contributed by atoms with van der Waals surface area (Å²) in [6.07, 6.45) is 1.70. The number of rotatable bonds is 5. The van der Waals surface area contributed by atoms with Crippen LogP contribution in [0.25, 0.3) is 10.2 Å². The first-order chi connectivity index (χ1) is 15.5. The Bertz CT molecular complexity index is 1410. The van der Waals surface area contributed by atoms with Crippen molar-refractivity contribution in [2.45, 2.75) is 32.9 Å². The fraction of sp³-hybridized carbons (Fsp3) is 0.208. The fourth-order valence-electron chi connectivity index (χ4n) is 3.94. The van der Waals surface area contributed by atoms with Crippen molar-refractivity contribution in [3.8, 4) is 5.75 Å². The van der Waals surface area contributed by atoms with E-state index in [-0.39, 0.29) is 23.9 Å². The lowest BCUT2D eigenvalue weighted by atomic mass is 10.2. The first-order valence-corrected chi connectivity index (χ1v) is 11.1. The first kappa shape index (κ1) is 20.4. The van der Waals surface area contributed by atoms with Crippen molar-refractivity contribution in [2.75, 3.05) is 5.32 Å². The number of hydrogen-bond acceptors (Lipinski definition) is 5. The lowest BCUT2D eigenvalue weighted by Gasteiger charge is -2.09. The van der Waals surface area contributed by atoms with Crippen LogP contribution in [0.15, 0.2) is 53.3 Å². The fourth-order valence-corrected chi connectivity index (χ4v) is 5.02. The van der Waals surface area contributed by atoms with E-state index in [9.17, 15) is 14.0 Å². The number of hydrogen-bond donors (Lipinski definition) is 1. The van der Waals surface area contributed by atoms with E-state index in [4.69, 9.17) is 4.74 Å². The predicted molar refractivity (Wildman–Crippen MR) is 122 cm³/mol. The minimum absolute atomic E-state index is 0.0666. The lowest BCUT2D eigenvalue weighted by molar-refractivity contribution is 0.103. The van der Waals surface area contributed by atoms with Gasteiger partial charge in [-0.05, 0) is 48.7 Å². The van der Waals surface area contributed by atoms with Crippen LogP contribution < -0.4 is 15.6 Å². The number of amides is 1. The van der Waals surface area contributed by atoms with Crippen molar-refractivity contribution in [3.63, 3.8) is 0 Å². The molecule has 32 heavy (non-hydrogen) atoms. The van der Waals surface area contributed by atoms with Crippen molar-refractivity contribution in [2.24, 2.45) is 0 Å². The number of nitrogens with one attached hydrogen (secondary N) is 1. The van der Waals surface area contributed by atoms with E-state index < -0.39 is 0 Å². The zero-order valence-electron chi connectivity index (χ0n) is 17.4. The van der Waals surface area contributed by atoms with Crippen LogP contribution in [0.3, 0.4) is 0 Å². The van der Waals surface area contributed by atoms with E-state index in [0.29, 0.717) is 44.2 Å². The average Bonchev–Trinajstić information content (AvgIpc) is 3.38. The monoisotopic (exact) mass is 449 g/mol. The molecule has 1 N–H and O–H groups in total. The van der Waals surface area contributed by atoms with Crippen LogP contribution in [-0.2, 0) is 19.6 Å². The second-order valence-electron chi connectivity index (χ2n) is 7.73. The minimum Gasteiger partial charge on any atom is -0.489 e. The molecule has 0 unspecified atom stereocenters. The molecule has 0 saturated carbocycles. The molecule has 0 atom stereocenters. The van der Waals surface area contributed by atoms with Crippen LogP contribution in [0.1, 0.15) is 33.0 Å². The second-order valence-corrected chi connectivity index (χ2v) is 8.72. The van der Waals surface area contributed by atoms with E-state index in [2.05, 4.69) is 10.3 Å². The summed E-state index contributed by atoms with van der Waals surface area (Å²) in [4.78, 5) is 31.5. The van der Waals surface area contributed by atoms with Gasteiger partial charge in [0.05, 0.1) is 10.3 Å². The Morgan fingerprint density at radius 2 is 2.09 bits per heavy atom. The molecule has 1 aliphatic rings. The molecule has 1 amide bonds. The molecule has 0 saturated heterocycles. The quantitative estimate of drug-likeness (QED) is 0.480. The van der Waals surface area contributed by atoms with E-state index in [1.165, 1.54) is 23.5 Å². The topological polar surface area (TPSA) is 73.2 Å². The number of benzene rings is 2. The molecule has 0 radical (unpaired) electrons. The van der Waals surface area contributed by atoms with E-state index in [1.807, 2.05) is 0 Å². The summed E-state index contributed by atoms with van der Waals surface area (Å²) in [5, 5.41) is 3.41. The van der Waals surface area contributed by atoms with Crippen molar-refractivity contribution >= 4 is 33.1 Å². The highest BCUT2D eigenvalue weighted by molar-refractivity contribution is 7.20. The van der Waals surface area contributed by atoms with Crippen molar-refractivity contribution in [3.05, 3.63) is 86.5 Å². The summed E-state index contributed by atoms with van der Waals surface area (Å²) >= 11 is 1.24. The Kier molecular flexibility index (Phi) is 5.22. The molecular weight excluding hydrogens is 429 g/mol. The Labute approximate surface area is 187 Å². The van der Waals surface area contributed by atoms with Gasteiger partial charge < -0.3 is 10.1 Å². The van der Waals surface area contributed by atoms with Crippen molar-refractivity contribution < 1.29 is 13.9 Å². The summed E-state index contributed by atoms with van der Waals surface area (Å²) < 4.78 is 20.8. The minimum atomic E-state index is -0.315. The molecule has 2 aromatic heterocycles. The molecule has 6 nitrogen and oxygen atoms in total. The number of nitrogens with zero attached hydrogens (tertiary/aromatic N) is 2. The smallest absolute Gasteiger partial charge is 0.266 e. The van der Waals surface area contributed by atoms with Gasteiger partial charge in [-0.25, -0.2) is 9.37 Å². The summed E-state index contributed by atoms with van der Waals surface area (Å²) in [7, 11) is 0. The Morgan fingerprint density at radius 1 is 1.25 bits per heavy atom. The number of thiophene rings is 1. The molecule has 4 aromatic rings. The average molecular weight is 450 g/mol. The van der Waals surface area contributed by atoms with Crippen LogP contribution in [0, 0.1) is 12.7 Å². The number of halogens is 1. The van der Waals surface area contributed by atoms with Crippen molar-refractivity contribution in [1.29, 1.82) is 0 Å². The van der Waals surface area contributed by atoms with Crippen molar-refractivity contribution in [1.82, 2.24) is 9.55 Å². The Morgan fingerprint density at radius 3 is 2.94 bits per heavy atom. The van der Waals surface area contributed by atoms with Gasteiger partial charge >= 0.3 is 0 Å². The van der Waals surface area contributed by atoms with E-state index in [1.54, 1.807) is 47.9 Å². The van der Waals surface area contributed by atoms with Crippen LogP contribution >= 0.6 is 11.3 Å². The largest absolute Gasteiger partial charge is 0.489 e. The van der Waals surface area contributed by atoms with E-state index in [0.717, 1.165) is 18.7 Å². The maximum absolute atomic E-state index is 13.3. The van der Waals surface area contributed by atoms with Crippen LogP contribution in [0.5, 0.6) is 5.75 Å². The maximum atomic E-state index is 13.3. The van der Waals surface area contributed by atoms with Gasteiger partial charge in [-0.15, -0.1) is 11.3 Å². The highest BCUT2D eigenvalue weighted by Gasteiger charge is 2.23. The molecule has 8 heteroatoms. The SMILES string of the molecule is Cc1c(C(=O)Nc2cccc(OCc3cccc(F)c3)c2)sc2nc3n(c(=O)c12)CCC3. The number of ether oxygens (including phenoxy) is 1. The van der Waals surface area contributed by atoms with E-state index >= 15 is 0 Å². The zero-order valence-corrected chi connectivity index (χ0v) is 18.2. The third-order valence-corrected chi connectivity index (χ3v) is 6.69. The Hall–Kier alpha value is -3.52. The van der Waals surface area contributed by atoms with Gasteiger partial charge in [-0.2, -0.15) is 0 Å². The molecule has 0 aliphatic carbocycles. The van der Waals surface area contributed by atoms with Gasteiger partial charge in [0.1, 0.15) is 28.8 Å². The zero-order chi connectivity index (χ0) is 22.2. The number of fused-ring (bicyclic) bond motifs is 2. The summed E-state index contributed by atoms with van der Waals surface area (Å²) in [6, 6.07) is 13.2. The maximum Gasteiger partial charge on any atom is 0.266 e. The van der Waals surface area contributed by atoms with Gasteiger partial charge in [-0.3, -0.25) is 14.2 Å². The number of aryl methyl sites for hydroxylation is 2. The summed E-state index contributed by atoms with van der Waals surface area (Å²) in [6.45, 7) is 2.68. The second kappa shape index (κ2) is 8.20. The van der Waals surface area contributed by atoms with Crippen LogP contribution in [-0.4, -0.2) is 15.5 Å². The van der Waals surface area contributed by atoms with Gasteiger partial charge in [0.15, 0.2) is 0 Å². The first-order valence-electron chi connectivity index (χ1n) is 10.3. The molecule has 0 bridgehead atoms. The molecule has 0 fully saturated rings. The molecule has 5 rings (SSSR count). The van der Waals surface area contributed by atoms with Gasteiger partial charge in [0.2, 0.25) is 0 Å². The Balaban J connectivity index is 1.36. The number of carbonyl (C=O) groups is 1. The summed E-state index contributed by atoms with van der Waals surface area (Å²) in [5.41, 5.74) is 1.87. The normalized spacial score (nSPS) is 12.7. The summed E-state index contributed by atoms with van der Waals surface area (Å²) in [5.74, 6) is 0.734. The number of carbonyl (C=O) groups excluding carboxylic acids is 1. The highest BCUT2D eigenvalue weighted by Crippen LogP contribution is 2.29. The lowest BCUT2D eigenvalue weighted by Crippen LogP contribution is -2.20. The predicted octanol–water partition coefficient (Wildman–Crippen LogP) is 4.68. The third kappa shape index (κ3) is 3.78.